The zero-order chi connectivity index (χ0) is 48.5. The summed E-state index contributed by atoms with van der Waals surface area (Å²) in [6.07, 6.45) is 0. The van der Waals surface area contributed by atoms with Gasteiger partial charge in [-0.15, -0.1) is 0 Å². The van der Waals surface area contributed by atoms with Crippen LogP contribution in [0.5, 0.6) is 0 Å². The van der Waals surface area contributed by atoms with Crippen molar-refractivity contribution in [3.05, 3.63) is 192 Å². The molecule has 0 saturated heterocycles. The highest BCUT2D eigenvalue weighted by molar-refractivity contribution is 7.24. The van der Waals surface area contributed by atoms with Crippen LogP contribution in [0.1, 0.15) is 67.9 Å². The molecule has 7 heteroatoms. The largest absolute Gasteiger partial charge is 0.282 e. The molecular formula is C60H52N4S2Si. The molecular weight excluding hydrogens is 869 g/mol. The van der Waals surface area contributed by atoms with Gasteiger partial charge in [-0.2, -0.15) is 0 Å². The van der Waals surface area contributed by atoms with Gasteiger partial charge < -0.3 is 0 Å². The number of hydrogen-bond donors (Lipinski definition) is 0. The van der Waals surface area contributed by atoms with Crippen molar-refractivity contribution in [2.45, 2.75) is 66.1 Å². The number of aryl methyl sites for hydroxylation is 2. The van der Waals surface area contributed by atoms with Crippen molar-refractivity contribution in [2.75, 3.05) is 0 Å². The standard InChI is InChI=1S/C60H52N4S2Si/c1-37-33-45(51(59(3,4)5)55-53(37)61-57-63(55)47-29-15-17-31-49(47)65-57)39-21-19-27-43(35-39)67(41-23-11-9-12-24-41,42-25-13-10-14-26-42)44-28-20-22-40(36-44)46-34-38(2)54-56(52(46)60(6,7)8)64-48-30-16-18-32-50(48)66-58(64)62-54/h9-36H,1-8H3/i1D3. The first-order chi connectivity index (χ1) is 33.5. The van der Waals surface area contributed by atoms with E-state index in [1.165, 1.54) is 47.6 Å². The Bertz CT molecular complexity index is 4000. The third-order valence-corrected chi connectivity index (χ3v) is 20.5. The molecule has 12 rings (SSSR count). The van der Waals surface area contributed by atoms with Gasteiger partial charge in [0.05, 0.1) is 42.5 Å². The number of fused-ring (bicyclic) bond motifs is 10. The van der Waals surface area contributed by atoms with Crippen LogP contribution in [0.4, 0.5) is 0 Å². The van der Waals surface area contributed by atoms with Crippen LogP contribution in [0.3, 0.4) is 0 Å². The van der Waals surface area contributed by atoms with Gasteiger partial charge in [-0.25, -0.2) is 9.97 Å². The van der Waals surface area contributed by atoms with Gasteiger partial charge >= 0.3 is 0 Å². The summed E-state index contributed by atoms with van der Waals surface area (Å²) in [5.74, 6) is 0. The Morgan fingerprint density at radius 1 is 0.463 bits per heavy atom. The van der Waals surface area contributed by atoms with E-state index in [1.807, 2.05) is 18.2 Å². The molecule has 0 spiro atoms. The molecule has 0 amide bonds. The minimum Gasteiger partial charge on any atom is -0.282 e. The fraction of sp³-hybridized carbons (Fsp3) is 0.167. The van der Waals surface area contributed by atoms with Gasteiger partial charge in [0.1, 0.15) is 0 Å². The molecule has 328 valence electrons. The molecule has 0 fully saturated rings. The molecule has 0 aliphatic heterocycles. The van der Waals surface area contributed by atoms with Gasteiger partial charge in [-0.05, 0) is 126 Å². The Morgan fingerprint density at radius 3 is 1.31 bits per heavy atom. The van der Waals surface area contributed by atoms with E-state index in [-0.39, 0.29) is 11.0 Å². The maximum absolute atomic E-state index is 8.96. The van der Waals surface area contributed by atoms with E-state index in [1.54, 1.807) is 22.7 Å². The second kappa shape index (κ2) is 15.2. The molecule has 0 aliphatic rings. The average molecular weight is 924 g/mol. The summed E-state index contributed by atoms with van der Waals surface area (Å²) in [5.41, 5.74) is 13.3. The second-order valence-electron chi connectivity index (χ2n) is 20.1. The second-order valence-corrected chi connectivity index (χ2v) is 25.9. The van der Waals surface area contributed by atoms with Gasteiger partial charge in [0.25, 0.3) is 0 Å². The topological polar surface area (TPSA) is 34.6 Å². The van der Waals surface area contributed by atoms with Crippen molar-refractivity contribution in [2.24, 2.45) is 0 Å². The summed E-state index contributed by atoms with van der Waals surface area (Å²) in [6, 6.07) is 61.8. The van der Waals surface area contributed by atoms with Gasteiger partial charge in [0, 0.05) is 4.11 Å². The summed E-state index contributed by atoms with van der Waals surface area (Å²) >= 11 is 3.35. The zero-order valence-corrected chi connectivity index (χ0v) is 41.4. The van der Waals surface area contributed by atoms with Crippen molar-refractivity contribution in [3.63, 3.8) is 0 Å². The lowest BCUT2D eigenvalue weighted by atomic mass is 9.80. The van der Waals surface area contributed by atoms with E-state index >= 15 is 0 Å². The first-order valence-corrected chi connectivity index (χ1v) is 26.7. The number of para-hydroxylation sites is 2. The van der Waals surface area contributed by atoms with Crippen molar-refractivity contribution < 1.29 is 4.11 Å². The molecule has 0 N–H and O–H groups in total. The average Bonchev–Trinajstić information content (AvgIpc) is 4.10. The first kappa shape index (κ1) is 38.5. The van der Waals surface area contributed by atoms with Crippen molar-refractivity contribution in [1.82, 2.24) is 18.8 Å². The summed E-state index contributed by atoms with van der Waals surface area (Å²) in [6.45, 7) is 13.5. The van der Waals surface area contributed by atoms with Gasteiger partial charge in [-0.1, -0.05) is 198 Å². The monoisotopic (exact) mass is 923 g/mol. The molecule has 0 saturated carbocycles. The molecule has 0 aliphatic carbocycles. The zero-order valence-electron chi connectivity index (χ0n) is 41.8. The lowest BCUT2D eigenvalue weighted by molar-refractivity contribution is 0.595. The smallest absolute Gasteiger partial charge is 0.195 e. The fourth-order valence-corrected chi connectivity index (χ4v) is 17.9. The third-order valence-electron chi connectivity index (χ3n) is 13.7. The van der Waals surface area contributed by atoms with Crippen LogP contribution < -0.4 is 20.7 Å². The summed E-state index contributed by atoms with van der Waals surface area (Å²) < 4.78 is 33.8. The molecule has 4 heterocycles. The molecule has 0 radical (unpaired) electrons. The highest BCUT2D eigenvalue weighted by Gasteiger charge is 2.42. The van der Waals surface area contributed by atoms with E-state index in [2.05, 4.69) is 209 Å². The molecule has 8 aromatic carbocycles. The predicted octanol–water partition coefficient (Wildman–Crippen LogP) is 13.6. The molecule has 4 aromatic heterocycles. The Morgan fingerprint density at radius 2 is 0.866 bits per heavy atom. The molecule has 0 unspecified atom stereocenters. The van der Waals surface area contributed by atoms with E-state index in [0.717, 1.165) is 59.0 Å². The third kappa shape index (κ3) is 6.35. The quantitative estimate of drug-likeness (QED) is 0.123. The Balaban J connectivity index is 1.16. The number of thiazole rings is 2. The van der Waals surface area contributed by atoms with Crippen LogP contribution in [0.15, 0.2) is 170 Å². The lowest BCUT2D eigenvalue weighted by Gasteiger charge is -2.35. The number of benzene rings is 8. The Labute approximate surface area is 405 Å². The van der Waals surface area contributed by atoms with Gasteiger partial charge in [0.2, 0.25) is 0 Å². The van der Waals surface area contributed by atoms with Crippen LogP contribution in [0.25, 0.3) is 74.7 Å². The lowest BCUT2D eigenvalue weighted by Crippen LogP contribution is -2.74. The number of imidazole rings is 2. The highest BCUT2D eigenvalue weighted by atomic mass is 32.1. The van der Waals surface area contributed by atoms with Gasteiger partial charge in [0.15, 0.2) is 18.0 Å². The number of rotatable bonds is 6. The maximum Gasteiger partial charge on any atom is 0.195 e. The molecule has 0 atom stereocenters. The van der Waals surface area contributed by atoms with E-state index in [4.69, 9.17) is 14.1 Å². The summed E-state index contributed by atoms with van der Waals surface area (Å²) in [5, 5.41) is 4.99. The van der Waals surface area contributed by atoms with Crippen LogP contribution >= 0.6 is 22.7 Å². The molecule has 0 bridgehead atoms. The Kier molecular flexibility index (Phi) is 8.72. The first-order valence-electron chi connectivity index (χ1n) is 24.6. The van der Waals surface area contributed by atoms with Crippen molar-refractivity contribution >= 4 is 104 Å². The van der Waals surface area contributed by atoms with Crippen LogP contribution in [-0.4, -0.2) is 26.8 Å². The minimum absolute atomic E-state index is 0.228. The van der Waals surface area contributed by atoms with Gasteiger partial charge in [-0.3, -0.25) is 8.80 Å². The molecule has 67 heavy (non-hydrogen) atoms. The normalized spacial score (nSPS) is 13.6. The van der Waals surface area contributed by atoms with Crippen molar-refractivity contribution in [1.29, 1.82) is 0 Å². The maximum atomic E-state index is 8.96. The van der Waals surface area contributed by atoms with E-state index in [9.17, 15) is 0 Å². The fourth-order valence-electron chi connectivity index (χ4n) is 11.0. The predicted molar refractivity (Wildman–Crippen MR) is 291 cm³/mol. The number of hydrogen-bond acceptors (Lipinski definition) is 4. The van der Waals surface area contributed by atoms with Crippen LogP contribution in [0, 0.1) is 13.8 Å². The van der Waals surface area contributed by atoms with E-state index < -0.39 is 20.3 Å². The minimum atomic E-state index is -3.18. The SMILES string of the molecule is [2H]C([2H])([2H])c1cc(-c2cccc([Si](c3ccccc3)(c3ccccc3)c3cccc(-c4cc(C)c5nc6sc7ccccc7n6c5c4C(C)(C)C)c3)c2)c(C(C)(C)C)c2c1nc1sc3ccccc3n12. The van der Waals surface area contributed by atoms with Crippen LogP contribution in [-0.2, 0) is 10.8 Å². The number of nitrogens with zero attached hydrogens (tertiary/aromatic N) is 4. The molecule has 12 aromatic rings. The Hall–Kier alpha value is -6.64. The summed E-state index contributed by atoms with van der Waals surface area (Å²) in [7, 11) is -3.18. The van der Waals surface area contributed by atoms with Crippen LogP contribution in [0.2, 0.25) is 0 Å². The van der Waals surface area contributed by atoms with Crippen molar-refractivity contribution in [3.8, 4) is 22.3 Å². The number of aromatic nitrogens is 4. The highest BCUT2D eigenvalue weighted by Crippen LogP contribution is 2.44. The van der Waals surface area contributed by atoms with E-state index in [0.29, 0.717) is 5.52 Å². The molecule has 4 nitrogen and oxygen atoms in total. The summed E-state index contributed by atoms with van der Waals surface area (Å²) in [4.78, 5) is 12.2.